The Bertz CT molecular complexity index is 388. The molecule has 1 amide bonds. The Kier molecular flexibility index (Phi) is 4.33. The van der Waals surface area contributed by atoms with Gasteiger partial charge in [0.1, 0.15) is 0 Å². The summed E-state index contributed by atoms with van der Waals surface area (Å²) in [6.45, 7) is 11.3. The number of hydrogen-bond acceptors (Lipinski definition) is 1. The number of carbonyl (C=O) groups is 1. The summed E-state index contributed by atoms with van der Waals surface area (Å²) in [5, 5.41) is 2.97. The van der Waals surface area contributed by atoms with Crippen molar-refractivity contribution in [1.29, 1.82) is 0 Å². The molecular formula is C15H23NO. The molecule has 0 bridgehead atoms. The normalized spacial score (nSPS) is 11.6. The van der Waals surface area contributed by atoms with Crippen molar-refractivity contribution >= 4 is 5.91 Å². The smallest absolute Gasteiger partial charge is 0.251 e. The molecule has 0 aliphatic carbocycles. The summed E-state index contributed by atoms with van der Waals surface area (Å²) in [7, 11) is 0. The van der Waals surface area contributed by atoms with E-state index in [1.807, 2.05) is 24.3 Å². The first-order valence-corrected chi connectivity index (χ1v) is 6.20. The summed E-state index contributed by atoms with van der Waals surface area (Å²) in [5.41, 5.74) is 1.88. The van der Waals surface area contributed by atoms with Crippen molar-refractivity contribution < 1.29 is 4.79 Å². The number of rotatable bonds is 3. The van der Waals surface area contributed by atoms with Gasteiger partial charge in [-0.1, -0.05) is 52.8 Å². The maximum atomic E-state index is 12.1. The Morgan fingerprint density at radius 3 is 2.35 bits per heavy atom. The van der Waals surface area contributed by atoms with Crippen LogP contribution in [0.1, 0.15) is 50.5 Å². The molecule has 0 saturated carbocycles. The lowest BCUT2D eigenvalue weighted by atomic mass is 9.83. The van der Waals surface area contributed by atoms with E-state index in [0.29, 0.717) is 5.92 Å². The van der Waals surface area contributed by atoms with Crippen molar-refractivity contribution in [3.05, 3.63) is 35.4 Å². The topological polar surface area (TPSA) is 29.1 Å². The summed E-state index contributed by atoms with van der Waals surface area (Å²) < 4.78 is 0. The third-order valence-electron chi connectivity index (χ3n) is 2.65. The van der Waals surface area contributed by atoms with Crippen LogP contribution in [-0.4, -0.2) is 12.5 Å². The van der Waals surface area contributed by atoms with Crippen molar-refractivity contribution in [3.63, 3.8) is 0 Å². The lowest BCUT2D eigenvalue weighted by Gasteiger charge is -2.22. The van der Waals surface area contributed by atoms with E-state index in [1.54, 1.807) is 0 Å². The molecule has 17 heavy (non-hydrogen) atoms. The van der Waals surface area contributed by atoms with Crippen molar-refractivity contribution in [2.75, 3.05) is 6.54 Å². The molecule has 0 aromatic heterocycles. The zero-order chi connectivity index (χ0) is 13.1. The minimum Gasteiger partial charge on any atom is -0.352 e. The first kappa shape index (κ1) is 13.8. The first-order chi connectivity index (χ1) is 7.82. The van der Waals surface area contributed by atoms with E-state index < -0.39 is 0 Å². The van der Waals surface area contributed by atoms with Gasteiger partial charge in [-0.2, -0.15) is 0 Å². The summed E-state index contributed by atoms with van der Waals surface area (Å²) in [4.78, 5) is 12.1. The van der Waals surface area contributed by atoms with Crippen molar-refractivity contribution in [2.24, 2.45) is 5.92 Å². The Morgan fingerprint density at radius 1 is 1.24 bits per heavy atom. The fourth-order valence-electron chi connectivity index (χ4n) is 1.73. The van der Waals surface area contributed by atoms with Crippen LogP contribution in [0.15, 0.2) is 24.3 Å². The Balaban J connectivity index is 2.94. The van der Waals surface area contributed by atoms with E-state index in [9.17, 15) is 4.79 Å². The van der Waals surface area contributed by atoms with Crippen molar-refractivity contribution in [2.45, 2.75) is 40.0 Å². The summed E-state index contributed by atoms with van der Waals surface area (Å²) >= 11 is 0. The minimum atomic E-state index is -0.00817. The molecule has 0 radical (unpaired) electrons. The van der Waals surface area contributed by atoms with Gasteiger partial charge in [0.25, 0.3) is 5.91 Å². The van der Waals surface area contributed by atoms with Crippen LogP contribution in [0.2, 0.25) is 0 Å². The van der Waals surface area contributed by atoms with Crippen molar-refractivity contribution in [3.8, 4) is 0 Å². The molecule has 0 atom stereocenters. The second kappa shape index (κ2) is 5.35. The summed E-state index contributed by atoms with van der Waals surface area (Å²) in [6.07, 6.45) is 0. The number of amides is 1. The monoisotopic (exact) mass is 233 g/mol. The Morgan fingerprint density at radius 2 is 1.82 bits per heavy atom. The quantitative estimate of drug-likeness (QED) is 0.852. The van der Waals surface area contributed by atoms with Gasteiger partial charge >= 0.3 is 0 Å². The highest BCUT2D eigenvalue weighted by Gasteiger charge is 2.20. The Hall–Kier alpha value is -1.31. The fourth-order valence-corrected chi connectivity index (χ4v) is 1.73. The SMILES string of the molecule is CC(C)CNC(=O)c1ccccc1C(C)(C)C. The third kappa shape index (κ3) is 3.88. The average Bonchev–Trinajstić information content (AvgIpc) is 2.24. The second-order valence-electron chi connectivity index (χ2n) is 5.90. The van der Waals surface area contributed by atoms with E-state index in [4.69, 9.17) is 0 Å². The molecule has 0 spiro atoms. The molecule has 0 fully saturated rings. The van der Waals surface area contributed by atoms with Crippen LogP contribution in [0.3, 0.4) is 0 Å². The first-order valence-electron chi connectivity index (χ1n) is 6.20. The van der Waals surface area contributed by atoms with Crippen LogP contribution < -0.4 is 5.32 Å². The fraction of sp³-hybridized carbons (Fsp3) is 0.533. The minimum absolute atomic E-state index is 0.00817. The molecular weight excluding hydrogens is 210 g/mol. The zero-order valence-corrected chi connectivity index (χ0v) is 11.5. The molecule has 0 saturated heterocycles. The average molecular weight is 233 g/mol. The lowest BCUT2D eigenvalue weighted by molar-refractivity contribution is 0.0947. The molecule has 0 heterocycles. The van der Waals surface area contributed by atoms with Crippen LogP contribution in [0, 0.1) is 5.92 Å². The molecule has 1 N–H and O–H groups in total. The largest absolute Gasteiger partial charge is 0.352 e. The van der Waals surface area contributed by atoms with E-state index in [0.717, 1.165) is 17.7 Å². The van der Waals surface area contributed by atoms with Crippen LogP contribution in [0.5, 0.6) is 0 Å². The molecule has 2 nitrogen and oxygen atoms in total. The van der Waals surface area contributed by atoms with Gasteiger partial charge in [0.05, 0.1) is 0 Å². The van der Waals surface area contributed by atoms with Gasteiger partial charge in [-0.15, -0.1) is 0 Å². The van der Waals surface area contributed by atoms with E-state index in [2.05, 4.69) is 39.9 Å². The summed E-state index contributed by atoms with van der Waals surface area (Å²) in [6, 6.07) is 7.83. The second-order valence-corrected chi connectivity index (χ2v) is 5.90. The van der Waals surface area contributed by atoms with E-state index >= 15 is 0 Å². The predicted molar refractivity (Wildman–Crippen MR) is 72.3 cm³/mol. The van der Waals surface area contributed by atoms with Gasteiger partial charge < -0.3 is 5.32 Å². The highest BCUT2D eigenvalue weighted by Crippen LogP contribution is 2.25. The maximum absolute atomic E-state index is 12.1. The number of carbonyl (C=O) groups excluding carboxylic acids is 1. The van der Waals surface area contributed by atoms with E-state index in [-0.39, 0.29) is 11.3 Å². The van der Waals surface area contributed by atoms with Crippen LogP contribution in [-0.2, 0) is 5.41 Å². The van der Waals surface area contributed by atoms with Gasteiger partial charge in [0.15, 0.2) is 0 Å². The number of hydrogen-bond donors (Lipinski definition) is 1. The molecule has 1 aromatic carbocycles. The molecule has 94 valence electrons. The molecule has 0 aliphatic heterocycles. The van der Waals surface area contributed by atoms with Crippen LogP contribution in [0.4, 0.5) is 0 Å². The van der Waals surface area contributed by atoms with Gasteiger partial charge in [-0.05, 0) is 23.0 Å². The van der Waals surface area contributed by atoms with E-state index in [1.165, 1.54) is 0 Å². The lowest BCUT2D eigenvalue weighted by Crippen LogP contribution is -2.29. The third-order valence-corrected chi connectivity index (χ3v) is 2.65. The highest BCUT2D eigenvalue weighted by atomic mass is 16.1. The standard InChI is InChI=1S/C15H23NO/c1-11(2)10-16-14(17)12-8-6-7-9-13(12)15(3,4)5/h6-9,11H,10H2,1-5H3,(H,16,17). The van der Waals surface area contributed by atoms with Gasteiger partial charge in [-0.25, -0.2) is 0 Å². The molecule has 2 heteroatoms. The Labute approximate surface area is 104 Å². The highest BCUT2D eigenvalue weighted by molar-refractivity contribution is 5.96. The zero-order valence-electron chi connectivity index (χ0n) is 11.5. The number of nitrogens with one attached hydrogen (secondary N) is 1. The van der Waals surface area contributed by atoms with Gasteiger partial charge in [0.2, 0.25) is 0 Å². The van der Waals surface area contributed by atoms with Gasteiger partial charge in [0, 0.05) is 12.1 Å². The van der Waals surface area contributed by atoms with Gasteiger partial charge in [-0.3, -0.25) is 4.79 Å². The predicted octanol–water partition coefficient (Wildman–Crippen LogP) is 3.37. The van der Waals surface area contributed by atoms with Crippen molar-refractivity contribution in [1.82, 2.24) is 5.32 Å². The van der Waals surface area contributed by atoms with Crippen LogP contribution >= 0.6 is 0 Å². The summed E-state index contributed by atoms with van der Waals surface area (Å²) in [5.74, 6) is 0.505. The molecule has 0 aliphatic rings. The molecule has 0 unspecified atom stereocenters. The maximum Gasteiger partial charge on any atom is 0.251 e. The molecule has 1 aromatic rings. The van der Waals surface area contributed by atoms with Crippen LogP contribution in [0.25, 0.3) is 0 Å². The molecule has 1 rings (SSSR count). The number of benzene rings is 1.